The molecule has 1 saturated heterocycles. The zero-order valence-corrected chi connectivity index (χ0v) is 24.5. The van der Waals surface area contributed by atoms with E-state index in [1.165, 1.54) is 5.56 Å². The second kappa shape index (κ2) is 14.2. The topological polar surface area (TPSA) is 101 Å². The normalized spacial score (nSPS) is 17.4. The van der Waals surface area contributed by atoms with Gasteiger partial charge in [-0.1, -0.05) is 65.9 Å². The van der Waals surface area contributed by atoms with Crippen molar-refractivity contribution in [2.75, 3.05) is 31.1 Å². The van der Waals surface area contributed by atoms with Crippen molar-refractivity contribution in [1.82, 2.24) is 35.2 Å². The Hall–Kier alpha value is -4.31. The predicted octanol–water partition coefficient (Wildman–Crippen LogP) is 4.45. The van der Waals surface area contributed by atoms with Crippen molar-refractivity contribution in [3.63, 3.8) is 0 Å². The molecule has 1 saturated carbocycles. The molecular formula is C33H40N8O2. The van der Waals surface area contributed by atoms with Crippen molar-refractivity contribution < 1.29 is 9.53 Å². The summed E-state index contributed by atoms with van der Waals surface area (Å²) < 4.78 is 7.79. The van der Waals surface area contributed by atoms with Crippen molar-refractivity contribution in [2.24, 2.45) is 0 Å². The molecule has 4 aromatic rings. The number of nitrogens with zero attached hydrogens (tertiary/aromatic N) is 7. The van der Waals surface area contributed by atoms with Crippen molar-refractivity contribution >= 4 is 11.9 Å². The van der Waals surface area contributed by atoms with Crippen LogP contribution in [0.3, 0.4) is 0 Å². The van der Waals surface area contributed by atoms with E-state index in [0.29, 0.717) is 19.4 Å². The van der Waals surface area contributed by atoms with E-state index < -0.39 is 0 Å². The molecule has 2 aromatic heterocycles. The van der Waals surface area contributed by atoms with Gasteiger partial charge in [0.05, 0.1) is 30.2 Å². The van der Waals surface area contributed by atoms with Gasteiger partial charge in [0.2, 0.25) is 0 Å². The molecule has 0 radical (unpaired) electrons. The van der Waals surface area contributed by atoms with E-state index in [1.54, 1.807) is 12.4 Å². The molecule has 1 N–H and O–H groups in total. The van der Waals surface area contributed by atoms with Gasteiger partial charge in [0.1, 0.15) is 11.9 Å². The molecule has 6 rings (SSSR count). The first-order valence-electron chi connectivity index (χ1n) is 15.4. The standard InChI is InChI=1S/C33H40N8O2/c42-33(43-29-13-7-8-14-29)36-30(21-26-9-3-1-4-10-26)31(22-27-11-5-2-6-12-27)41-25-28(37-38-41)24-39-17-19-40(20-18-39)32-23-34-15-16-35-32/h1-6,9-12,15-16,23,25,29-31H,7-8,13-14,17-22,24H2,(H,36,42)/t30-,31-/m0/s1. The van der Waals surface area contributed by atoms with Gasteiger partial charge in [-0.25, -0.2) is 14.5 Å². The molecule has 0 bridgehead atoms. The highest BCUT2D eigenvalue weighted by Crippen LogP contribution is 2.24. The van der Waals surface area contributed by atoms with Crippen molar-refractivity contribution in [3.8, 4) is 0 Å². The molecule has 43 heavy (non-hydrogen) atoms. The summed E-state index contributed by atoms with van der Waals surface area (Å²) >= 11 is 0. The summed E-state index contributed by atoms with van der Waals surface area (Å²) in [5, 5.41) is 12.5. The lowest BCUT2D eigenvalue weighted by Crippen LogP contribution is -2.46. The zero-order chi connectivity index (χ0) is 29.3. The summed E-state index contributed by atoms with van der Waals surface area (Å²) in [5.74, 6) is 0.917. The Kier molecular flexibility index (Phi) is 9.54. The van der Waals surface area contributed by atoms with Gasteiger partial charge >= 0.3 is 6.09 Å². The first kappa shape index (κ1) is 28.8. The van der Waals surface area contributed by atoms with Crippen LogP contribution in [0, 0.1) is 0 Å². The van der Waals surface area contributed by atoms with Gasteiger partial charge in [0, 0.05) is 45.1 Å². The maximum Gasteiger partial charge on any atom is 0.407 e. The minimum Gasteiger partial charge on any atom is -0.446 e. The van der Waals surface area contributed by atoms with Gasteiger partial charge in [0.15, 0.2) is 0 Å². The van der Waals surface area contributed by atoms with Crippen molar-refractivity contribution in [1.29, 1.82) is 0 Å². The summed E-state index contributed by atoms with van der Waals surface area (Å²) in [4.78, 5) is 26.5. The molecule has 1 amide bonds. The third kappa shape index (κ3) is 7.95. The minimum atomic E-state index is -0.354. The van der Waals surface area contributed by atoms with Crippen LogP contribution in [0.25, 0.3) is 0 Å². The molecule has 1 aliphatic heterocycles. The molecule has 3 heterocycles. The Bertz CT molecular complexity index is 1400. The SMILES string of the molecule is O=C(N[C@@H](Cc1ccccc1)[C@H](Cc1ccccc1)n1cc(CN2CCN(c3cnccn3)CC2)nn1)OC1CCCC1. The molecule has 224 valence electrons. The van der Waals surface area contributed by atoms with Crippen LogP contribution in [-0.2, 0) is 24.1 Å². The van der Waals surface area contributed by atoms with E-state index in [2.05, 4.69) is 59.7 Å². The maximum absolute atomic E-state index is 13.2. The zero-order valence-electron chi connectivity index (χ0n) is 24.5. The Morgan fingerprint density at radius 2 is 1.60 bits per heavy atom. The van der Waals surface area contributed by atoms with Crippen LogP contribution in [0.2, 0.25) is 0 Å². The summed E-state index contributed by atoms with van der Waals surface area (Å²) in [5.41, 5.74) is 3.24. The minimum absolute atomic E-state index is 0.00248. The lowest BCUT2D eigenvalue weighted by atomic mass is 9.94. The molecule has 10 heteroatoms. The van der Waals surface area contributed by atoms with E-state index in [0.717, 1.165) is 68.9 Å². The summed E-state index contributed by atoms with van der Waals surface area (Å²) in [6.45, 7) is 4.29. The van der Waals surface area contributed by atoms with Crippen LogP contribution >= 0.6 is 0 Å². The van der Waals surface area contributed by atoms with E-state index in [1.807, 2.05) is 53.5 Å². The van der Waals surface area contributed by atoms with Gasteiger partial charge in [-0.15, -0.1) is 5.10 Å². The van der Waals surface area contributed by atoms with Gasteiger partial charge in [-0.05, 0) is 49.7 Å². The smallest absolute Gasteiger partial charge is 0.407 e. The van der Waals surface area contributed by atoms with Crippen molar-refractivity contribution in [3.05, 3.63) is 102 Å². The number of hydrogen-bond acceptors (Lipinski definition) is 8. The van der Waals surface area contributed by atoms with Crippen LogP contribution in [-0.4, -0.2) is 74.3 Å². The predicted molar refractivity (Wildman–Crippen MR) is 165 cm³/mol. The molecule has 2 fully saturated rings. The van der Waals surface area contributed by atoms with E-state index >= 15 is 0 Å². The summed E-state index contributed by atoms with van der Waals surface area (Å²) in [6, 6.07) is 20.2. The fourth-order valence-corrected chi connectivity index (χ4v) is 6.14. The quantitative estimate of drug-likeness (QED) is 0.278. The first-order chi connectivity index (χ1) is 21.2. The monoisotopic (exact) mass is 580 g/mol. The second-order valence-corrected chi connectivity index (χ2v) is 11.5. The number of benzene rings is 2. The number of alkyl carbamates (subject to hydrolysis) is 1. The number of carbonyl (C=O) groups is 1. The number of anilines is 1. The number of piperazine rings is 1. The number of nitrogens with one attached hydrogen (secondary N) is 1. The van der Waals surface area contributed by atoms with Crippen LogP contribution in [0.4, 0.5) is 10.6 Å². The highest BCUT2D eigenvalue weighted by atomic mass is 16.6. The number of amides is 1. The largest absolute Gasteiger partial charge is 0.446 e. The number of ether oxygens (including phenoxy) is 1. The van der Waals surface area contributed by atoms with Crippen LogP contribution in [0.1, 0.15) is 48.5 Å². The summed E-state index contributed by atoms with van der Waals surface area (Å²) in [6.07, 6.45) is 12.4. The van der Waals surface area contributed by atoms with Crippen LogP contribution < -0.4 is 10.2 Å². The Labute approximate surface area is 253 Å². The highest BCUT2D eigenvalue weighted by Gasteiger charge is 2.29. The average molecular weight is 581 g/mol. The summed E-state index contributed by atoms with van der Waals surface area (Å²) in [7, 11) is 0. The number of carbonyl (C=O) groups excluding carboxylic acids is 1. The number of hydrogen-bond donors (Lipinski definition) is 1. The molecule has 2 atom stereocenters. The van der Waals surface area contributed by atoms with Crippen molar-refractivity contribution in [2.45, 2.75) is 63.3 Å². The molecule has 10 nitrogen and oxygen atoms in total. The molecular weight excluding hydrogens is 540 g/mol. The lowest BCUT2D eigenvalue weighted by molar-refractivity contribution is 0.0946. The molecule has 1 aliphatic carbocycles. The van der Waals surface area contributed by atoms with Gasteiger partial charge in [0.25, 0.3) is 0 Å². The first-order valence-corrected chi connectivity index (χ1v) is 15.4. The number of aromatic nitrogens is 5. The van der Waals surface area contributed by atoms with Gasteiger partial charge in [-0.2, -0.15) is 0 Å². The third-order valence-corrected chi connectivity index (χ3v) is 8.46. The van der Waals surface area contributed by atoms with Crippen LogP contribution in [0.5, 0.6) is 0 Å². The third-order valence-electron chi connectivity index (χ3n) is 8.46. The van der Waals surface area contributed by atoms with E-state index in [9.17, 15) is 4.79 Å². The van der Waals surface area contributed by atoms with Gasteiger partial charge in [-0.3, -0.25) is 9.88 Å². The van der Waals surface area contributed by atoms with Crippen LogP contribution in [0.15, 0.2) is 85.5 Å². The Balaban J connectivity index is 1.19. The molecule has 0 unspecified atom stereocenters. The van der Waals surface area contributed by atoms with E-state index in [-0.39, 0.29) is 24.3 Å². The molecule has 0 spiro atoms. The van der Waals surface area contributed by atoms with Gasteiger partial charge < -0.3 is 15.0 Å². The maximum atomic E-state index is 13.2. The second-order valence-electron chi connectivity index (χ2n) is 11.5. The average Bonchev–Trinajstić information content (AvgIpc) is 3.74. The fourth-order valence-electron chi connectivity index (χ4n) is 6.14. The Morgan fingerprint density at radius 3 is 2.28 bits per heavy atom. The highest BCUT2D eigenvalue weighted by molar-refractivity contribution is 5.68. The molecule has 2 aliphatic rings. The van der Waals surface area contributed by atoms with E-state index in [4.69, 9.17) is 4.74 Å². The molecule has 2 aromatic carbocycles. The Morgan fingerprint density at radius 1 is 0.907 bits per heavy atom. The number of rotatable bonds is 11. The fraction of sp³-hybridized carbons (Fsp3) is 0.424. The lowest BCUT2D eigenvalue weighted by Gasteiger charge is -2.34.